The number of carboxylic acid groups (broad SMARTS) is 1. The molecule has 0 saturated carbocycles. The molecule has 2 atom stereocenters. The van der Waals surface area contributed by atoms with E-state index in [9.17, 15) is 4.79 Å². The van der Waals surface area contributed by atoms with E-state index in [0.717, 1.165) is 13.1 Å². The summed E-state index contributed by atoms with van der Waals surface area (Å²) in [7, 11) is 2.16. The van der Waals surface area contributed by atoms with Crippen LogP contribution in [0.25, 0.3) is 0 Å². The molecule has 106 valence electrons. The van der Waals surface area contributed by atoms with Crippen LogP contribution in [0, 0.1) is 11.3 Å². The molecule has 0 aromatic rings. The van der Waals surface area contributed by atoms with E-state index in [2.05, 4.69) is 31.1 Å². The van der Waals surface area contributed by atoms with Gasteiger partial charge in [-0.05, 0) is 44.3 Å². The Morgan fingerprint density at radius 3 is 2.78 bits per heavy atom. The number of aliphatic carboxylic acids is 1. The summed E-state index contributed by atoms with van der Waals surface area (Å²) >= 11 is 0. The first-order chi connectivity index (χ1) is 8.33. The van der Waals surface area contributed by atoms with Crippen molar-refractivity contribution >= 4 is 5.97 Å². The van der Waals surface area contributed by atoms with E-state index in [0.29, 0.717) is 18.9 Å². The maximum Gasteiger partial charge on any atom is 0.320 e. The Bertz CT molecular complexity index is 281. The van der Waals surface area contributed by atoms with E-state index in [-0.39, 0.29) is 5.41 Å². The van der Waals surface area contributed by atoms with Crippen molar-refractivity contribution < 1.29 is 9.90 Å². The Morgan fingerprint density at radius 2 is 2.28 bits per heavy atom. The highest BCUT2D eigenvalue weighted by Crippen LogP contribution is 2.33. The fourth-order valence-corrected chi connectivity index (χ4v) is 2.51. The molecule has 0 aliphatic carbocycles. The smallest absolute Gasteiger partial charge is 0.320 e. The molecule has 0 amide bonds. The fraction of sp³-hybridized carbons (Fsp3) is 0.923. The normalized spacial score (nSPS) is 23.2. The summed E-state index contributed by atoms with van der Waals surface area (Å²) in [5.41, 5.74) is 5.71. The molecule has 1 heterocycles. The van der Waals surface area contributed by atoms with Crippen molar-refractivity contribution in [1.29, 1.82) is 0 Å². The quantitative estimate of drug-likeness (QED) is 0.574. The van der Waals surface area contributed by atoms with Crippen molar-refractivity contribution in [3.05, 3.63) is 0 Å². The molecule has 0 aromatic heterocycles. The van der Waals surface area contributed by atoms with Crippen molar-refractivity contribution in [3.63, 3.8) is 0 Å². The number of carboxylic acids is 1. The summed E-state index contributed by atoms with van der Waals surface area (Å²) in [5.74, 6) is -0.211. The lowest BCUT2D eigenvalue weighted by atomic mass is 9.78. The van der Waals surface area contributed by atoms with Gasteiger partial charge in [0.25, 0.3) is 0 Å². The van der Waals surface area contributed by atoms with Crippen LogP contribution in [-0.2, 0) is 4.79 Å². The summed E-state index contributed by atoms with van der Waals surface area (Å²) in [4.78, 5) is 12.9. The highest BCUT2D eigenvalue weighted by Gasteiger charge is 2.33. The molecule has 0 bridgehead atoms. The molecule has 0 spiro atoms. The summed E-state index contributed by atoms with van der Waals surface area (Å²) in [6.45, 7) is 8.47. The molecule has 5 heteroatoms. The average Bonchev–Trinajstić information content (AvgIpc) is 2.71. The first kappa shape index (κ1) is 15.4. The Kier molecular flexibility index (Phi) is 5.56. The average molecular weight is 257 g/mol. The number of hydrogen-bond acceptors (Lipinski definition) is 4. The lowest BCUT2D eigenvalue weighted by molar-refractivity contribution is -0.138. The van der Waals surface area contributed by atoms with E-state index in [1.807, 2.05) is 0 Å². The molecule has 1 saturated heterocycles. The van der Waals surface area contributed by atoms with Crippen molar-refractivity contribution in [1.82, 2.24) is 10.2 Å². The molecule has 1 aliphatic heterocycles. The predicted octanol–water partition coefficient (Wildman–Crippen LogP) is 0.356. The Morgan fingerprint density at radius 1 is 1.61 bits per heavy atom. The lowest BCUT2D eigenvalue weighted by Gasteiger charge is -2.32. The van der Waals surface area contributed by atoms with Crippen molar-refractivity contribution in [2.75, 3.05) is 33.2 Å². The van der Waals surface area contributed by atoms with E-state index >= 15 is 0 Å². The highest BCUT2D eigenvalue weighted by atomic mass is 16.4. The molecule has 1 rings (SSSR count). The third kappa shape index (κ3) is 4.55. The summed E-state index contributed by atoms with van der Waals surface area (Å²) in [6.07, 6.45) is 1.73. The summed E-state index contributed by atoms with van der Waals surface area (Å²) in [6, 6.07) is -0.752. The van der Waals surface area contributed by atoms with Crippen LogP contribution in [0.3, 0.4) is 0 Å². The number of carbonyl (C=O) groups is 1. The number of hydrogen-bond donors (Lipinski definition) is 3. The Labute approximate surface area is 110 Å². The van der Waals surface area contributed by atoms with Gasteiger partial charge in [-0.1, -0.05) is 13.8 Å². The molecule has 1 aliphatic rings. The topological polar surface area (TPSA) is 78.6 Å². The molecular weight excluding hydrogens is 230 g/mol. The van der Waals surface area contributed by atoms with Crippen LogP contribution in [-0.4, -0.2) is 55.2 Å². The van der Waals surface area contributed by atoms with Gasteiger partial charge in [-0.2, -0.15) is 0 Å². The van der Waals surface area contributed by atoms with E-state index in [1.165, 1.54) is 13.0 Å². The van der Waals surface area contributed by atoms with E-state index < -0.39 is 12.0 Å². The minimum atomic E-state index is -0.923. The van der Waals surface area contributed by atoms with Gasteiger partial charge in [0.2, 0.25) is 0 Å². The van der Waals surface area contributed by atoms with Gasteiger partial charge < -0.3 is 21.1 Å². The molecule has 4 N–H and O–H groups in total. The van der Waals surface area contributed by atoms with Gasteiger partial charge in [0.15, 0.2) is 0 Å². The first-order valence-corrected chi connectivity index (χ1v) is 6.70. The van der Waals surface area contributed by atoms with Crippen LogP contribution in [0.5, 0.6) is 0 Å². The van der Waals surface area contributed by atoms with Crippen molar-refractivity contribution in [2.45, 2.75) is 32.7 Å². The van der Waals surface area contributed by atoms with Gasteiger partial charge in [0.05, 0.1) is 0 Å². The number of nitrogens with two attached hydrogens (primary N) is 1. The Balaban J connectivity index is 2.23. The largest absolute Gasteiger partial charge is 0.480 e. The fourth-order valence-electron chi connectivity index (χ4n) is 2.51. The zero-order valence-corrected chi connectivity index (χ0v) is 11.8. The second-order valence-electron chi connectivity index (χ2n) is 6.15. The van der Waals surface area contributed by atoms with Crippen molar-refractivity contribution in [3.8, 4) is 0 Å². The van der Waals surface area contributed by atoms with Gasteiger partial charge in [-0.15, -0.1) is 0 Å². The molecule has 1 fully saturated rings. The SMILES string of the molecule is CN1CCC(C(C)(C)CNCCC(N)C(=O)O)C1. The van der Waals surface area contributed by atoms with Crippen LogP contribution >= 0.6 is 0 Å². The molecule has 0 radical (unpaired) electrons. The number of nitrogens with one attached hydrogen (secondary N) is 1. The molecule has 18 heavy (non-hydrogen) atoms. The zero-order valence-electron chi connectivity index (χ0n) is 11.8. The van der Waals surface area contributed by atoms with Crippen LogP contribution < -0.4 is 11.1 Å². The number of nitrogens with zero attached hydrogens (tertiary/aromatic N) is 1. The second kappa shape index (κ2) is 6.50. The van der Waals surface area contributed by atoms with Crippen LogP contribution in [0.15, 0.2) is 0 Å². The second-order valence-corrected chi connectivity index (χ2v) is 6.15. The molecule has 2 unspecified atom stereocenters. The minimum absolute atomic E-state index is 0.248. The van der Waals surface area contributed by atoms with Crippen molar-refractivity contribution in [2.24, 2.45) is 17.1 Å². The maximum atomic E-state index is 10.6. The minimum Gasteiger partial charge on any atom is -0.480 e. The van der Waals surface area contributed by atoms with Gasteiger partial charge in [-0.25, -0.2) is 0 Å². The van der Waals surface area contributed by atoms with Crippen LogP contribution in [0.4, 0.5) is 0 Å². The monoisotopic (exact) mass is 257 g/mol. The van der Waals surface area contributed by atoms with Gasteiger partial charge >= 0.3 is 5.97 Å². The first-order valence-electron chi connectivity index (χ1n) is 6.70. The number of likely N-dealkylation sites (tertiary alicyclic amines) is 1. The Hall–Kier alpha value is -0.650. The third-order valence-corrected chi connectivity index (χ3v) is 4.03. The number of rotatable bonds is 7. The van der Waals surface area contributed by atoms with E-state index in [1.54, 1.807) is 0 Å². The van der Waals surface area contributed by atoms with Gasteiger partial charge in [-0.3, -0.25) is 4.79 Å². The maximum absolute atomic E-state index is 10.6. The third-order valence-electron chi connectivity index (χ3n) is 4.03. The lowest BCUT2D eigenvalue weighted by Crippen LogP contribution is -2.39. The highest BCUT2D eigenvalue weighted by molar-refractivity contribution is 5.72. The summed E-state index contributed by atoms with van der Waals surface area (Å²) < 4.78 is 0. The molecular formula is C13H27N3O2. The standard InChI is InChI=1S/C13H27N3O2/c1-13(2,10-5-7-16(3)8-10)9-15-6-4-11(14)12(17)18/h10-11,15H,4-9,14H2,1-3H3,(H,17,18). The van der Waals surface area contributed by atoms with Gasteiger partial charge in [0, 0.05) is 13.1 Å². The van der Waals surface area contributed by atoms with E-state index in [4.69, 9.17) is 10.8 Å². The summed E-state index contributed by atoms with van der Waals surface area (Å²) in [5, 5.41) is 12.0. The zero-order chi connectivity index (χ0) is 13.8. The van der Waals surface area contributed by atoms with Crippen LogP contribution in [0.1, 0.15) is 26.7 Å². The van der Waals surface area contributed by atoms with Crippen LogP contribution in [0.2, 0.25) is 0 Å². The molecule has 0 aromatic carbocycles. The van der Waals surface area contributed by atoms with Gasteiger partial charge in [0.1, 0.15) is 6.04 Å². The molecule has 5 nitrogen and oxygen atoms in total. The predicted molar refractivity (Wildman–Crippen MR) is 72.5 cm³/mol.